The first kappa shape index (κ1) is 9.45. The first-order valence-corrected chi connectivity index (χ1v) is 4.65. The maximum absolute atomic E-state index is 5.75. The lowest BCUT2D eigenvalue weighted by molar-refractivity contribution is 0.908. The fourth-order valence-corrected chi connectivity index (χ4v) is 1.44. The maximum Gasteiger partial charge on any atom is 0.131 e. The lowest BCUT2D eigenvalue weighted by atomic mass is 10.1. The molecule has 0 aliphatic carbocycles. The number of nitrogens with zero attached hydrogens (tertiary/aromatic N) is 2. The van der Waals surface area contributed by atoms with Gasteiger partial charge in [-0.1, -0.05) is 12.1 Å². The first-order chi connectivity index (χ1) is 7.31. The minimum Gasteiger partial charge on any atom is -0.383 e. The van der Waals surface area contributed by atoms with Gasteiger partial charge in [0.25, 0.3) is 0 Å². The minimum absolute atomic E-state index is 0.560. The molecule has 76 valence electrons. The van der Waals surface area contributed by atoms with Crippen molar-refractivity contribution in [3.63, 3.8) is 0 Å². The number of anilines is 1. The molecule has 1 heterocycles. The van der Waals surface area contributed by atoms with Crippen LogP contribution in [0.4, 0.5) is 5.82 Å². The van der Waals surface area contributed by atoms with Crippen molar-refractivity contribution in [3.8, 4) is 0 Å². The molecule has 4 nitrogen and oxygen atoms in total. The molecule has 1 aromatic carbocycles. The van der Waals surface area contributed by atoms with Gasteiger partial charge in [-0.3, -0.25) is 0 Å². The van der Waals surface area contributed by atoms with E-state index >= 15 is 0 Å². The molecule has 2 aromatic rings. The van der Waals surface area contributed by atoms with Crippen LogP contribution in [0.1, 0.15) is 5.56 Å². The first-order valence-electron chi connectivity index (χ1n) is 4.65. The highest BCUT2D eigenvalue weighted by molar-refractivity contribution is 5.95. The zero-order valence-corrected chi connectivity index (χ0v) is 8.44. The van der Waals surface area contributed by atoms with Crippen LogP contribution in [0.2, 0.25) is 0 Å². The van der Waals surface area contributed by atoms with Gasteiger partial charge in [0.05, 0.1) is 6.21 Å². The van der Waals surface area contributed by atoms with Crippen LogP contribution in [0, 0.1) is 0 Å². The molecule has 0 bridgehead atoms. The van der Waals surface area contributed by atoms with Crippen LogP contribution in [0.5, 0.6) is 0 Å². The van der Waals surface area contributed by atoms with E-state index in [9.17, 15) is 0 Å². The lowest BCUT2D eigenvalue weighted by Gasteiger charge is -2.01. The Balaban J connectivity index is 2.52. The highest BCUT2D eigenvalue weighted by Gasteiger charge is 1.98. The summed E-state index contributed by atoms with van der Waals surface area (Å²) in [4.78, 5) is 4.03. The van der Waals surface area contributed by atoms with Gasteiger partial charge in [0.15, 0.2) is 0 Å². The molecule has 0 saturated carbocycles. The zero-order valence-electron chi connectivity index (χ0n) is 8.44. The number of aromatic nitrogens is 1. The second-order valence-electron chi connectivity index (χ2n) is 3.16. The van der Waals surface area contributed by atoms with Crippen molar-refractivity contribution in [2.45, 2.75) is 0 Å². The molecule has 0 radical (unpaired) electrons. The van der Waals surface area contributed by atoms with Gasteiger partial charge in [0, 0.05) is 18.6 Å². The lowest BCUT2D eigenvalue weighted by Crippen LogP contribution is -1.95. The minimum atomic E-state index is 0.560. The molecule has 0 aliphatic heterocycles. The molecule has 0 aliphatic rings. The van der Waals surface area contributed by atoms with Crippen molar-refractivity contribution >= 4 is 22.8 Å². The topological polar surface area (TPSA) is 63.3 Å². The van der Waals surface area contributed by atoms with E-state index in [4.69, 9.17) is 5.73 Å². The Morgan fingerprint density at radius 2 is 2.27 bits per heavy atom. The van der Waals surface area contributed by atoms with Crippen LogP contribution in [-0.2, 0) is 0 Å². The second kappa shape index (κ2) is 3.96. The third-order valence-corrected chi connectivity index (χ3v) is 2.16. The van der Waals surface area contributed by atoms with Crippen LogP contribution in [0.3, 0.4) is 0 Å². The molecule has 2 rings (SSSR count). The number of benzene rings is 1. The normalized spacial score (nSPS) is 11.0. The molecule has 0 amide bonds. The van der Waals surface area contributed by atoms with E-state index in [0.29, 0.717) is 5.82 Å². The number of rotatable bonds is 2. The van der Waals surface area contributed by atoms with E-state index in [-0.39, 0.29) is 0 Å². The number of nitrogens with one attached hydrogen (secondary N) is 1. The monoisotopic (exact) mass is 200 g/mol. The van der Waals surface area contributed by atoms with Crippen LogP contribution in [-0.4, -0.2) is 18.2 Å². The number of hydrazone groups is 1. The molecule has 3 N–H and O–H groups in total. The summed E-state index contributed by atoms with van der Waals surface area (Å²) in [5.74, 6) is 0.560. The summed E-state index contributed by atoms with van der Waals surface area (Å²) in [6.07, 6.45) is 3.46. The standard InChI is InChI=1S/C11H12N4/c1-13-15-7-8-2-3-10-9(6-8)4-5-14-11(10)12/h2-7,13H,1H3,(H2,12,14). The summed E-state index contributed by atoms with van der Waals surface area (Å²) in [5, 5.41) is 5.99. The molecule has 0 saturated heterocycles. The van der Waals surface area contributed by atoms with Gasteiger partial charge in [-0.05, 0) is 23.1 Å². The third-order valence-electron chi connectivity index (χ3n) is 2.16. The fraction of sp³-hybridized carbons (Fsp3) is 0.0909. The zero-order chi connectivity index (χ0) is 10.7. The van der Waals surface area contributed by atoms with Crippen molar-refractivity contribution in [2.75, 3.05) is 12.8 Å². The summed E-state index contributed by atoms with van der Waals surface area (Å²) in [7, 11) is 1.76. The average molecular weight is 200 g/mol. The number of nitrogens with two attached hydrogens (primary N) is 1. The summed E-state index contributed by atoms with van der Waals surface area (Å²) in [6.45, 7) is 0. The van der Waals surface area contributed by atoms with E-state index in [0.717, 1.165) is 16.3 Å². The Morgan fingerprint density at radius 3 is 3.07 bits per heavy atom. The van der Waals surface area contributed by atoms with Crippen molar-refractivity contribution < 1.29 is 0 Å². The van der Waals surface area contributed by atoms with E-state index in [1.807, 2.05) is 24.3 Å². The summed E-state index contributed by atoms with van der Waals surface area (Å²) < 4.78 is 0. The van der Waals surface area contributed by atoms with E-state index < -0.39 is 0 Å². The Bertz CT molecular complexity index is 505. The third kappa shape index (κ3) is 1.88. The smallest absolute Gasteiger partial charge is 0.131 e. The van der Waals surface area contributed by atoms with E-state index in [1.165, 1.54) is 0 Å². The van der Waals surface area contributed by atoms with Gasteiger partial charge in [0.1, 0.15) is 5.82 Å². The van der Waals surface area contributed by atoms with Crippen molar-refractivity contribution in [1.29, 1.82) is 0 Å². The highest BCUT2D eigenvalue weighted by Crippen LogP contribution is 2.18. The summed E-state index contributed by atoms with van der Waals surface area (Å²) in [6, 6.07) is 7.87. The van der Waals surface area contributed by atoms with Gasteiger partial charge in [0.2, 0.25) is 0 Å². The summed E-state index contributed by atoms with van der Waals surface area (Å²) in [5.41, 5.74) is 9.49. The quantitative estimate of drug-likeness (QED) is 0.568. The summed E-state index contributed by atoms with van der Waals surface area (Å²) >= 11 is 0. The van der Waals surface area contributed by atoms with Gasteiger partial charge < -0.3 is 11.2 Å². The average Bonchev–Trinajstić information content (AvgIpc) is 2.26. The van der Waals surface area contributed by atoms with Gasteiger partial charge in [-0.15, -0.1) is 0 Å². The molecule has 0 unspecified atom stereocenters. The van der Waals surface area contributed by atoms with Gasteiger partial charge in [-0.2, -0.15) is 5.10 Å². The van der Waals surface area contributed by atoms with Crippen LogP contribution in [0.25, 0.3) is 10.8 Å². The largest absolute Gasteiger partial charge is 0.383 e. The Hall–Kier alpha value is -2.10. The van der Waals surface area contributed by atoms with Gasteiger partial charge in [-0.25, -0.2) is 4.98 Å². The van der Waals surface area contributed by atoms with Crippen molar-refractivity contribution in [2.24, 2.45) is 5.10 Å². The molecular weight excluding hydrogens is 188 g/mol. The fourth-order valence-electron chi connectivity index (χ4n) is 1.44. The number of pyridine rings is 1. The Labute approximate surface area is 87.8 Å². The predicted octanol–water partition coefficient (Wildman–Crippen LogP) is 1.37. The molecule has 0 spiro atoms. The Kier molecular flexibility index (Phi) is 2.49. The number of hydrogen-bond acceptors (Lipinski definition) is 4. The SMILES string of the molecule is CNN=Cc1ccc2c(N)nccc2c1. The van der Waals surface area contributed by atoms with Gasteiger partial charge >= 0.3 is 0 Å². The van der Waals surface area contributed by atoms with Crippen molar-refractivity contribution in [1.82, 2.24) is 10.4 Å². The molecule has 1 aromatic heterocycles. The molecule has 0 fully saturated rings. The second-order valence-corrected chi connectivity index (χ2v) is 3.16. The van der Waals surface area contributed by atoms with Crippen LogP contribution < -0.4 is 11.2 Å². The van der Waals surface area contributed by atoms with E-state index in [2.05, 4.69) is 15.5 Å². The van der Waals surface area contributed by atoms with Crippen LogP contribution >= 0.6 is 0 Å². The molecular formula is C11H12N4. The van der Waals surface area contributed by atoms with Crippen LogP contribution in [0.15, 0.2) is 35.6 Å². The Morgan fingerprint density at radius 1 is 1.40 bits per heavy atom. The predicted molar refractivity (Wildman–Crippen MR) is 62.8 cm³/mol. The molecule has 0 atom stereocenters. The maximum atomic E-state index is 5.75. The number of nitrogen functional groups attached to an aromatic ring is 1. The van der Waals surface area contributed by atoms with E-state index in [1.54, 1.807) is 19.5 Å². The number of hydrogen-bond donors (Lipinski definition) is 2. The highest BCUT2D eigenvalue weighted by atomic mass is 15.3. The van der Waals surface area contributed by atoms with Crippen molar-refractivity contribution in [3.05, 3.63) is 36.0 Å². The molecule has 4 heteroatoms. The molecule has 15 heavy (non-hydrogen) atoms. The number of fused-ring (bicyclic) bond motifs is 1.